The van der Waals surface area contributed by atoms with Crippen molar-refractivity contribution in [2.24, 2.45) is 0 Å². The highest BCUT2D eigenvalue weighted by molar-refractivity contribution is 7.21. The zero-order valence-corrected chi connectivity index (χ0v) is 29.2. The molecule has 2 atom stereocenters. The van der Waals surface area contributed by atoms with Gasteiger partial charge in [0.1, 0.15) is 16.8 Å². The summed E-state index contributed by atoms with van der Waals surface area (Å²) in [6.07, 6.45) is 0. The topological polar surface area (TPSA) is 42.2 Å². The van der Waals surface area contributed by atoms with E-state index in [0.717, 1.165) is 44.8 Å². The van der Waals surface area contributed by atoms with Gasteiger partial charge in [-0.25, -0.2) is 9.97 Å². The lowest BCUT2D eigenvalue weighted by atomic mass is 9.76. The van der Waals surface area contributed by atoms with E-state index in [0.29, 0.717) is 5.71 Å². The van der Waals surface area contributed by atoms with Gasteiger partial charge in [0.25, 0.3) is 0 Å². The lowest BCUT2D eigenvalue weighted by Gasteiger charge is -2.35. The van der Waals surface area contributed by atoms with Crippen molar-refractivity contribution < 1.29 is 4.42 Å². The quantitative estimate of drug-likeness (QED) is 0.184. The van der Waals surface area contributed by atoms with Gasteiger partial charge >= 0.3 is 0 Å². The van der Waals surface area contributed by atoms with E-state index in [1.807, 2.05) is 29.5 Å². The molecule has 0 saturated carbocycles. The molecule has 2 aliphatic rings. The van der Waals surface area contributed by atoms with Crippen molar-refractivity contribution in [1.82, 2.24) is 9.97 Å². The van der Waals surface area contributed by atoms with Crippen LogP contribution in [0.3, 0.4) is 0 Å². The van der Waals surface area contributed by atoms with E-state index in [1.165, 1.54) is 53.6 Å². The van der Waals surface area contributed by atoms with Gasteiger partial charge in [-0.2, -0.15) is 0 Å². The SMILES string of the molecule is c1ccc(-c2ccc(-c3nc4oc5ccccc5c4nc3N3c4ccccc4C4c5ccccc5-c5c(sc6c5ccc5ccccc56)C43)cc2)cc1. The van der Waals surface area contributed by atoms with Crippen molar-refractivity contribution in [1.29, 1.82) is 0 Å². The predicted molar refractivity (Wildman–Crippen MR) is 218 cm³/mol. The molecule has 0 fully saturated rings. The minimum atomic E-state index is -0.0271. The van der Waals surface area contributed by atoms with Gasteiger partial charge in [-0.05, 0) is 56.8 Å². The molecule has 7 aromatic carbocycles. The molecular formula is C48H29N3OS. The highest BCUT2D eigenvalue weighted by Gasteiger charge is 2.48. The third kappa shape index (κ3) is 4.11. The predicted octanol–water partition coefficient (Wildman–Crippen LogP) is 13.1. The van der Waals surface area contributed by atoms with Crippen molar-refractivity contribution in [3.05, 3.63) is 180 Å². The van der Waals surface area contributed by atoms with Crippen LogP contribution in [-0.4, -0.2) is 9.97 Å². The lowest BCUT2D eigenvalue weighted by molar-refractivity contribution is 0.647. The number of furan rings is 1. The van der Waals surface area contributed by atoms with Gasteiger partial charge in [-0.1, -0.05) is 146 Å². The molecule has 1 aliphatic carbocycles. The maximum absolute atomic E-state index is 6.39. The third-order valence-corrected chi connectivity index (χ3v) is 12.6. The summed E-state index contributed by atoms with van der Waals surface area (Å²) in [6, 6.07) is 58.7. The molecule has 0 spiro atoms. The molecule has 12 rings (SSSR count). The zero-order valence-electron chi connectivity index (χ0n) is 28.4. The van der Waals surface area contributed by atoms with Crippen molar-refractivity contribution in [2.45, 2.75) is 12.0 Å². The Bertz CT molecular complexity index is 3090. The van der Waals surface area contributed by atoms with Crippen LogP contribution in [0.2, 0.25) is 0 Å². The molecule has 1 aliphatic heterocycles. The van der Waals surface area contributed by atoms with E-state index in [4.69, 9.17) is 14.4 Å². The van der Waals surface area contributed by atoms with Crippen LogP contribution < -0.4 is 4.90 Å². The number of rotatable bonds is 3. The second kappa shape index (κ2) is 11.0. The minimum Gasteiger partial charge on any atom is -0.436 e. The number of benzene rings is 7. The molecule has 0 bridgehead atoms. The molecule has 4 heterocycles. The van der Waals surface area contributed by atoms with Crippen molar-refractivity contribution >= 4 is 65.9 Å². The average molecular weight is 696 g/mol. The Kier molecular flexibility index (Phi) is 6.02. The van der Waals surface area contributed by atoms with Crippen LogP contribution in [0.15, 0.2) is 168 Å². The molecule has 0 N–H and O–H groups in total. The Morgan fingerprint density at radius 1 is 0.547 bits per heavy atom. The van der Waals surface area contributed by atoms with Crippen LogP contribution in [-0.2, 0) is 0 Å². The summed E-state index contributed by atoms with van der Waals surface area (Å²) < 4.78 is 7.73. The lowest BCUT2D eigenvalue weighted by Crippen LogP contribution is -2.26. The maximum atomic E-state index is 6.39. The molecule has 10 aromatic rings. The van der Waals surface area contributed by atoms with Gasteiger partial charge in [0.15, 0.2) is 5.82 Å². The molecule has 2 unspecified atom stereocenters. The molecule has 53 heavy (non-hydrogen) atoms. The number of hydrogen-bond donors (Lipinski definition) is 0. The van der Waals surface area contributed by atoms with E-state index in [9.17, 15) is 0 Å². The van der Waals surface area contributed by atoms with Gasteiger partial charge < -0.3 is 9.32 Å². The first-order chi connectivity index (χ1) is 26.3. The van der Waals surface area contributed by atoms with Gasteiger partial charge in [0.2, 0.25) is 5.71 Å². The van der Waals surface area contributed by atoms with Crippen molar-refractivity contribution in [3.8, 4) is 33.5 Å². The van der Waals surface area contributed by atoms with Gasteiger partial charge in [-0.15, -0.1) is 11.3 Å². The number of para-hydroxylation sites is 2. The van der Waals surface area contributed by atoms with Gasteiger partial charge in [0.05, 0.1) is 6.04 Å². The molecule has 0 amide bonds. The largest absolute Gasteiger partial charge is 0.436 e. The highest BCUT2D eigenvalue weighted by atomic mass is 32.1. The van der Waals surface area contributed by atoms with E-state index in [-0.39, 0.29) is 12.0 Å². The van der Waals surface area contributed by atoms with Crippen LogP contribution in [0.4, 0.5) is 11.5 Å². The number of thiophene rings is 1. The number of nitrogens with zero attached hydrogens (tertiary/aromatic N) is 3. The number of hydrogen-bond acceptors (Lipinski definition) is 5. The Hall–Kier alpha value is -6.56. The van der Waals surface area contributed by atoms with E-state index in [2.05, 4.69) is 150 Å². The van der Waals surface area contributed by atoms with E-state index in [1.54, 1.807) is 0 Å². The normalized spacial score (nSPS) is 15.9. The summed E-state index contributed by atoms with van der Waals surface area (Å²) in [5.41, 5.74) is 12.7. The smallest absolute Gasteiger partial charge is 0.247 e. The standard InChI is InChI=1S/C48H29N3OS/c1-2-12-28(13-3-1)29-22-24-31(25-23-29)42-47(49-43-36-19-9-11-21-39(36)52-48(43)50-42)51-38-20-10-8-18-35(38)40-33-16-6-7-17-34(33)41-37-27-26-30-14-4-5-15-32(30)45(37)53-46(41)44(40)51/h1-27,40,44H. The molecule has 0 radical (unpaired) electrons. The fourth-order valence-electron chi connectivity index (χ4n) is 8.94. The number of fused-ring (bicyclic) bond motifs is 15. The van der Waals surface area contributed by atoms with E-state index < -0.39 is 0 Å². The highest BCUT2D eigenvalue weighted by Crippen LogP contribution is 2.64. The monoisotopic (exact) mass is 695 g/mol. The number of anilines is 2. The Balaban J connectivity index is 1.16. The molecule has 4 nitrogen and oxygen atoms in total. The van der Waals surface area contributed by atoms with Crippen LogP contribution in [0.1, 0.15) is 28.0 Å². The summed E-state index contributed by atoms with van der Waals surface area (Å²) in [5, 5.41) is 4.84. The molecule has 0 saturated heterocycles. The van der Waals surface area contributed by atoms with Gasteiger partial charge in [-0.3, -0.25) is 0 Å². The summed E-state index contributed by atoms with van der Waals surface area (Å²) in [5.74, 6) is 0.949. The number of aromatic nitrogens is 2. The van der Waals surface area contributed by atoms with Crippen LogP contribution in [0.25, 0.3) is 76.6 Å². The van der Waals surface area contributed by atoms with Crippen molar-refractivity contribution in [3.63, 3.8) is 0 Å². The first-order valence-corrected chi connectivity index (χ1v) is 18.9. The summed E-state index contributed by atoms with van der Waals surface area (Å²) in [6.45, 7) is 0. The van der Waals surface area contributed by atoms with Crippen molar-refractivity contribution in [2.75, 3.05) is 4.90 Å². The Labute approximate surface area is 309 Å². The van der Waals surface area contributed by atoms with Crippen LogP contribution >= 0.6 is 11.3 Å². The zero-order chi connectivity index (χ0) is 34.6. The third-order valence-electron chi connectivity index (χ3n) is 11.3. The second-order valence-corrected chi connectivity index (χ2v) is 15.1. The van der Waals surface area contributed by atoms with E-state index >= 15 is 0 Å². The second-order valence-electron chi connectivity index (χ2n) is 14.0. The summed E-state index contributed by atoms with van der Waals surface area (Å²) in [7, 11) is 0. The first kappa shape index (κ1) is 29.1. The fraction of sp³-hybridized carbons (Fsp3) is 0.0417. The minimum absolute atomic E-state index is 0.0271. The summed E-state index contributed by atoms with van der Waals surface area (Å²) in [4.78, 5) is 14.8. The van der Waals surface area contributed by atoms with Crippen LogP contribution in [0, 0.1) is 0 Å². The Morgan fingerprint density at radius 2 is 1.25 bits per heavy atom. The van der Waals surface area contributed by atoms with Gasteiger partial charge in [0, 0.05) is 43.1 Å². The maximum Gasteiger partial charge on any atom is 0.247 e. The average Bonchev–Trinajstić information content (AvgIpc) is 3.91. The molecule has 248 valence electrons. The fourth-order valence-corrected chi connectivity index (χ4v) is 10.4. The Morgan fingerprint density at radius 3 is 2.13 bits per heavy atom. The molecular weight excluding hydrogens is 667 g/mol. The molecule has 5 heteroatoms. The van der Waals surface area contributed by atoms with Crippen LogP contribution in [0.5, 0.6) is 0 Å². The molecule has 3 aromatic heterocycles. The summed E-state index contributed by atoms with van der Waals surface area (Å²) >= 11 is 1.94. The first-order valence-electron chi connectivity index (χ1n) is 18.1.